The summed E-state index contributed by atoms with van der Waals surface area (Å²) in [5.74, 6) is 0. The smallest absolute Gasteiger partial charge is 0.0639 e. The number of unbranched alkanes of at least 4 members (excludes halogenated alkanes) is 12. The van der Waals surface area contributed by atoms with Gasteiger partial charge in [0.15, 0.2) is 0 Å². The molecule has 202 valence electrons. The minimum Gasteiger partial charge on any atom is -0.252 e. The monoisotopic (exact) mass is 500 g/mol. The second-order valence-corrected chi connectivity index (χ2v) is 10.2. The van der Waals surface area contributed by atoms with E-state index in [0.717, 1.165) is 54.9 Å². The van der Waals surface area contributed by atoms with Crippen molar-refractivity contribution in [1.29, 1.82) is 0 Å². The number of aliphatic imine (C=N–C) groups is 2. The molecular weight excluding hydrogens is 448 g/mol. The lowest BCUT2D eigenvalue weighted by molar-refractivity contribution is 0.550. The maximum Gasteiger partial charge on any atom is 0.0639 e. The summed E-state index contributed by atoms with van der Waals surface area (Å²) in [6.07, 6.45) is 25.3. The molecule has 0 aliphatic rings. The summed E-state index contributed by atoms with van der Waals surface area (Å²) in [6, 6.07) is 18.9. The zero-order chi connectivity index (χ0) is 26.4. The van der Waals surface area contributed by atoms with E-state index in [0.29, 0.717) is 0 Å². The van der Waals surface area contributed by atoms with Crippen molar-refractivity contribution in [2.75, 3.05) is 0 Å². The van der Waals surface area contributed by atoms with Crippen LogP contribution in [-0.2, 0) is 0 Å². The highest BCUT2D eigenvalue weighted by Crippen LogP contribution is 2.20. The number of rotatable bonds is 20. The van der Waals surface area contributed by atoms with Crippen molar-refractivity contribution in [3.63, 3.8) is 0 Å². The minimum absolute atomic E-state index is 0.885. The summed E-state index contributed by atoms with van der Waals surface area (Å²) >= 11 is 0. The van der Waals surface area contributed by atoms with Crippen LogP contribution in [0, 0.1) is 0 Å². The maximum absolute atomic E-state index is 5.09. The number of hydrogen-bond donors (Lipinski definition) is 0. The summed E-state index contributed by atoms with van der Waals surface area (Å²) < 4.78 is 0. The number of nitrogens with zero attached hydrogens (tertiary/aromatic N) is 2. The molecule has 2 heteroatoms. The first kappa shape index (κ1) is 30.7. The Morgan fingerprint density at radius 2 is 1.19 bits per heavy atom. The minimum atomic E-state index is 0.885. The van der Waals surface area contributed by atoms with E-state index in [9.17, 15) is 0 Å². The largest absolute Gasteiger partial charge is 0.252 e. The molecule has 2 aromatic carbocycles. The molecule has 0 N–H and O–H groups in total. The van der Waals surface area contributed by atoms with Crippen LogP contribution in [0.1, 0.15) is 129 Å². The quantitative estimate of drug-likeness (QED) is 0.127. The van der Waals surface area contributed by atoms with E-state index in [-0.39, 0.29) is 0 Å². The Labute approximate surface area is 228 Å². The van der Waals surface area contributed by atoms with E-state index in [2.05, 4.69) is 69.3 Å². The predicted octanol–water partition coefficient (Wildman–Crippen LogP) is 11.8. The van der Waals surface area contributed by atoms with Gasteiger partial charge in [-0.2, -0.15) is 0 Å². The van der Waals surface area contributed by atoms with Crippen LogP contribution in [0.25, 0.3) is 6.08 Å². The van der Waals surface area contributed by atoms with E-state index in [1.54, 1.807) is 0 Å². The summed E-state index contributed by atoms with van der Waals surface area (Å²) in [5, 5.41) is 0. The fourth-order valence-electron chi connectivity index (χ4n) is 4.61. The normalized spacial score (nSPS) is 12.5. The Morgan fingerprint density at radius 1 is 0.595 bits per heavy atom. The number of hydrogen-bond acceptors (Lipinski definition) is 2. The second kappa shape index (κ2) is 20.6. The molecule has 0 spiro atoms. The van der Waals surface area contributed by atoms with Crippen molar-refractivity contribution in [2.45, 2.75) is 124 Å². The van der Waals surface area contributed by atoms with E-state index in [1.165, 1.54) is 76.2 Å². The van der Waals surface area contributed by atoms with Gasteiger partial charge < -0.3 is 0 Å². The van der Waals surface area contributed by atoms with Gasteiger partial charge in [0.1, 0.15) is 0 Å². The van der Waals surface area contributed by atoms with Crippen molar-refractivity contribution < 1.29 is 0 Å². The van der Waals surface area contributed by atoms with Gasteiger partial charge in [0.05, 0.1) is 22.8 Å². The average molecular weight is 501 g/mol. The molecule has 37 heavy (non-hydrogen) atoms. The van der Waals surface area contributed by atoms with Crippen LogP contribution in [0.5, 0.6) is 0 Å². The predicted molar refractivity (Wildman–Crippen MR) is 167 cm³/mol. The van der Waals surface area contributed by atoms with Crippen LogP contribution in [0.3, 0.4) is 0 Å². The molecule has 2 nitrogen and oxygen atoms in total. The molecule has 0 bridgehead atoms. The van der Waals surface area contributed by atoms with Gasteiger partial charge in [-0.3, -0.25) is 9.98 Å². The highest BCUT2D eigenvalue weighted by Gasteiger charge is 2.08. The van der Waals surface area contributed by atoms with Crippen molar-refractivity contribution in [1.82, 2.24) is 0 Å². The third-order valence-electron chi connectivity index (χ3n) is 6.87. The lowest BCUT2D eigenvalue weighted by Gasteiger charge is -2.09. The third kappa shape index (κ3) is 14.1. The Bertz CT molecular complexity index is 923. The molecule has 0 aromatic heterocycles. The molecule has 0 atom stereocenters. The topological polar surface area (TPSA) is 24.7 Å². The summed E-state index contributed by atoms with van der Waals surface area (Å²) in [6.45, 7) is 6.70. The summed E-state index contributed by atoms with van der Waals surface area (Å²) in [7, 11) is 0. The van der Waals surface area contributed by atoms with Crippen molar-refractivity contribution in [2.24, 2.45) is 9.98 Å². The van der Waals surface area contributed by atoms with Crippen LogP contribution in [0.15, 0.2) is 70.7 Å². The molecule has 0 unspecified atom stereocenters. The van der Waals surface area contributed by atoms with Crippen molar-refractivity contribution >= 4 is 28.9 Å². The lowest BCUT2D eigenvalue weighted by Crippen LogP contribution is -2.13. The van der Waals surface area contributed by atoms with Gasteiger partial charge in [0.25, 0.3) is 0 Å². The van der Waals surface area contributed by atoms with E-state index in [4.69, 9.17) is 9.98 Å². The van der Waals surface area contributed by atoms with Crippen LogP contribution < -0.4 is 0 Å². The van der Waals surface area contributed by atoms with Gasteiger partial charge in [0, 0.05) is 0 Å². The molecule has 0 amide bonds. The summed E-state index contributed by atoms with van der Waals surface area (Å²) in [4.78, 5) is 10.0. The van der Waals surface area contributed by atoms with Gasteiger partial charge in [-0.1, -0.05) is 134 Å². The van der Waals surface area contributed by atoms with Crippen LogP contribution >= 0.6 is 0 Å². The highest BCUT2D eigenvalue weighted by molar-refractivity contribution is 6.43. The molecule has 0 saturated heterocycles. The SMILES string of the molecule is CCCCCCCCCCCCCC=Cc1cccc(N=C(CCCC)C(CC)=Nc2ccccc2)c1. The van der Waals surface area contributed by atoms with Crippen LogP contribution in [-0.4, -0.2) is 11.4 Å². The molecule has 0 aliphatic carbocycles. The zero-order valence-corrected chi connectivity index (χ0v) is 24.1. The van der Waals surface area contributed by atoms with Crippen molar-refractivity contribution in [3.8, 4) is 0 Å². The van der Waals surface area contributed by atoms with Crippen LogP contribution in [0.4, 0.5) is 11.4 Å². The molecular formula is C35H52N2. The first-order valence-corrected chi connectivity index (χ1v) is 15.2. The molecule has 2 aromatic rings. The molecule has 0 saturated carbocycles. The van der Waals surface area contributed by atoms with Crippen molar-refractivity contribution in [3.05, 3.63) is 66.2 Å². The molecule has 0 radical (unpaired) electrons. The first-order chi connectivity index (χ1) is 18.3. The van der Waals surface area contributed by atoms with Gasteiger partial charge in [0.2, 0.25) is 0 Å². The lowest BCUT2D eigenvalue weighted by atomic mass is 10.0. The third-order valence-corrected chi connectivity index (χ3v) is 6.87. The number of allylic oxidation sites excluding steroid dienone is 1. The van der Waals surface area contributed by atoms with E-state index >= 15 is 0 Å². The fourth-order valence-corrected chi connectivity index (χ4v) is 4.61. The Hall–Kier alpha value is -2.48. The fraction of sp³-hybridized carbons (Fsp3) is 0.543. The molecule has 0 heterocycles. The second-order valence-electron chi connectivity index (χ2n) is 10.2. The molecule has 0 aliphatic heterocycles. The average Bonchev–Trinajstić information content (AvgIpc) is 2.93. The number of para-hydroxylation sites is 1. The zero-order valence-electron chi connectivity index (χ0n) is 24.1. The standard InChI is InChI=1S/C35H52N2/c1-4-7-9-10-11-12-13-14-15-16-17-18-20-24-31-25-23-28-33(30-31)37-35(29-8-5-2)34(6-3)36-32-26-21-19-22-27-32/h19-28,30H,4-18,29H2,1-3H3. The van der Waals surface area contributed by atoms with Gasteiger partial charge in [-0.15, -0.1) is 0 Å². The Kier molecular flexibility index (Phi) is 17.1. The Balaban J connectivity index is 1.84. The number of benzene rings is 2. The van der Waals surface area contributed by atoms with Crippen LogP contribution in [0.2, 0.25) is 0 Å². The maximum atomic E-state index is 5.09. The van der Waals surface area contributed by atoms with E-state index < -0.39 is 0 Å². The molecule has 0 fully saturated rings. The summed E-state index contributed by atoms with van der Waals surface area (Å²) in [5.41, 5.74) is 5.48. The van der Waals surface area contributed by atoms with Gasteiger partial charge in [-0.25, -0.2) is 0 Å². The highest BCUT2D eigenvalue weighted by atomic mass is 14.8. The first-order valence-electron chi connectivity index (χ1n) is 15.2. The Morgan fingerprint density at radius 3 is 1.84 bits per heavy atom. The van der Waals surface area contributed by atoms with Gasteiger partial charge in [-0.05, 0) is 61.9 Å². The van der Waals surface area contributed by atoms with E-state index in [1.807, 2.05) is 18.2 Å². The van der Waals surface area contributed by atoms with Gasteiger partial charge >= 0.3 is 0 Å². The molecule has 2 rings (SSSR count).